The van der Waals surface area contributed by atoms with Crippen molar-refractivity contribution in [3.05, 3.63) is 29.1 Å². The third-order valence-corrected chi connectivity index (χ3v) is 3.15. The zero-order valence-electron chi connectivity index (χ0n) is 10.8. The van der Waals surface area contributed by atoms with Crippen molar-refractivity contribution >= 4 is 11.9 Å². The molecule has 0 aliphatic heterocycles. The third-order valence-electron chi connectivity index (χ3n) is 3.15. The maximum atomic E-state index is 13.7. The topological polar surface area (TPSA) is 77.8 Å². The summed E-state index contributed by atoms with van der Waals surface area (Å²) in [6.45, 7) is -0.598. The second-order valence-corrected chi connectivity index (χ2v) is 4.91. The van der Waals surface area contributed by atoms with E-state index in [2.05, 4.69) is 0 Å². The molecule has 1 amide bonds. The van der Waals surface area contributed by atoms with Gasteiger partial charge in [0.15, 0.2) is 17.4 Å². The molecule has 0 atom stereocenters. The number of phenols is 1. The Morgan fingerprint density at radius 1 is 1.24 bits per heavy atom. The lowest BCUT2D eigenvalue weighted by Crippen LogP contribution is -2.37. The molecule has 0 radical (unpaired) electrons. The minimum absolute atomic E-state index is 0.0876. The number of aromatic hydroxyl groups is 1. The fraction of sp³-hybridized carbons (Fsp3) is 0.385. The van der Waals surface area contributed by atoms with Crippen LogP contribution in [0.5, 0.6) is 5.75 Å². The van der Waals surface area contributed by atoms with Crippen molar-refractivity contribution in [2.75, 3.05) is 13.1 Å². The van der Waals surface area contributed by atoms with Crippen LogP contribution in [0.2, 0.25) is 0 Å². The molecule has 1 fully saturated rings. The van der Waals surface area contributed by atoms with E-state index in [1.807, 2.05) is 0 Å². The molecule has 0 spiro atoms. The van der Waals surface area contributed by atoms with Crippen LogP contribution in [0.25, 0.3) is 0 Å². The standard InChI is InChI=1S/C13H12F3NO4/c14-8-3-7(10(15)12(20)11(8)16)13(21)17(5-9(18)19)4-6-1-2-6/h3,6,20H,1-2,4-5H2,(H,18,19). The first-order valence-corrected chi connectivity index (χ1v) is 6.18. The van der Waals surface area contributed by atoms with E-state index < -0.39 is 47.2 Å². The molecule has 0 saturated heterocycles. The van der Waals surface area contributed by atoms with Gasteiger partial charge in [-0.3, -0.25) is 9.59 Å². The molecule has 5 nitrogen and oxygen atoms in total. The van der Waals surface area contributed by atoms with Crippen LogP contribution in [-0.4, -0.2) is 40.1 Å². The highest BCUT2D eigenvalue weighted by molar-refractivity contribution is 5.96. The number of hydrogen-bond acceptors (Lipinski definition) is 3. The van der Waals surface area contributed by atoms with Gasteiger partial charge >= 0.3 is 5.97 Å². The van der Waals surface area contributed by atoms with Crippen LogP contribution >= 0.6 is 0 Å². The normalized spacial score (nSPS) is 14.0. The van der Waals surface area contributed by atoms with Crippen LogP contribution in [0.1, 0.15) is 23.2 Å². The largest absolute Gasteiger partial charge is 0.503 e. The molecule has 1 aliphatic carbocycles. The van der Waals surface area contributed by atoms with Crippen LogP contribution in [0.3, 0.4) is 0 Å². The van der Waals surface area contributed by atoms with Crippen molar-refractivity contribution in [3.8, 4) is 5.75 Å². The summed E-state index contributed by atoms with van der Waals surface area (Å²) in [5.74, 6) is -8.87. The number of hydrogen-bond donors (Lipinski definition) is 2. The number of benzene rings is 1. The summed E-state index contributed by atoms with van der Waals surface area (Å²) in [7, 11) is 0. The number of carboxylic acids is 1. The van der Waals surface area contributed by atoms with E-state index in [4.69, 9.17) is 10.2 Å². The molecule has 1 aliphatic rings. The van der Waals surface area contributed by atoms with Gasteiger partial charge in [-0.2, -0.15) is 4.39 Å². The molecule has 8 heteroatoms. The first-order valence-electron chi connectivity index (χ1n) is 6.18. The Morgan fingerprint density at radius 2 is 1.86 bits per heavy atom. The van der Waals surface area contributed by atoms with Crippen LogP contribution < -0.4 is 0 Å². The quantitative estimate of drug-likeness (QED) is 0.812. The molecule has 2 N–H and O–H groups in total. The summed E-state index contributed by atoms with van der Waals surface area (Å²) in [6, 6.07) is 0.314. The van der Waals surface area contributed by atoms with Crippen molar-refractivity contribution in [3.63, 3.8) is 0 Å². The van der Waals surface area contributed by atoms with Crippen LogP contribution in [-0.2, 0) is 4.79 Å². The highest BCUT2D eigenvalue weighted by Crippen LogP contribution is 2.31. The number of amides is 1. The maximum absolute atomic E-state index is 13.7. The SMILES string of the molecule is O=C(O)CN(CC1CC1)C(=O)c1cc(F)c(F)c(O)c1F. The van der Waals surface area contributed by atoms with E-state index in [0.29, 0.717) is 6.07 Å². The molecule has 1 aromatic carbocycles. The number of carboxylic acid groups (broad SMARTS) is 1. The van der Waals surface area contributed by atoms with Crippen molar-refractivity contribution in [1.29, 1.82) is 0 Å². The van der Waals surface area contributed by atoms with Crippen LogP contribution in [0.15, 0.2) is 6.07 Å². The number of carbonyl (C=O) groups is 2. The van der Waals surface area contributed by atoms with Gasteiger partial charge in [0, 0.05) is 6.54 Å². The van der Waals surface area contributed by atoms with E-state index in [0.717, 1.165) is 17.7 Å². The van der Waals surface area contributed by atoms with Gasteiger partial charge in [0.05, 0.1) is 5.56 Å². The Kier molecular flexibility index (Phi) is 4.06. The van der Waals surface area contributed by atoms with Crippen molar-refractivity contribution in [2.24, 2.45) is 5.92 Å². The molecule has 2 rings (SSSR count). The van der Waals surface area contributed by atoms with Gasteiger partial charge < -0.3 is 15.1 Å². The Morgan fingerprint density at radius 3 is 2.38 bits per heavy atom. The molecule has 1 aromatic rings. The van der Waals surface area contributed by atoms with Gasteiger partial charge in [-0.25, -0.2) is 8.78 Å². The average molecular weight is 303 g/mol. The van der Waals surface area contributed by atoms with Gasteiger partial charge in [0.25, 0.3) is 5.91 Å². The summed E-state index contributed by atoms with van der Waals surface area (Å²) in [5.41, 5.74) is -0.895. The number of aliphatic carboxylic acids is 1. The molecule has 0 unspecified atom stereocenters. The average Bonchev–Trinajstić information content (AvgIpc) is 3.22. The molecule has 114 valence electrons. The van der Waals surface area contributed by atoms with Crippen molar-refractivity contribution in [2.45, 2.75) is 12.8 Å². The van der Waals surface area contributed by atoms with Crippen molar-refractivity contribution < 1.29 is 33.0 Å². The van der Waals surface area contributed by atoms with E-state index >= 15 is 0 Å². The number of carbonyl (C=O) groups excluding carboxylic acids is 1. The summed E-state index contributed by atoms with van der Waals surface area (Å²) in [4.78, 5) is 23.7. The van der Waals surface area contributed by atoms with Crippen LogP contribution in [0, 0.1) is 23.4 Å². The predicted octanol–water partition coefficient (Wildman–Crippen LogP) is 1.75. The molecule has 0 aromatic heterocycles. The van der Waals surface area contributed by atoms with Gasteiger partial charge in [-0.15, -0.1) is 0 Å². The molecule has 21 heavy (non-hydrogen) atoms. The minimum Gasteiger partial charge on any atom is -0.503 e. The Labute approximate surface area is 117 Å². The molecule has 0 bridgehead atoms. The lowest BCUT2D eigenvalue weighted by molar-refractivity contribution is -0.137. The molecular weight excluding hydrogens is 291 g/mol. The summed E-state index contributed by atoms with van der Waals surface area (Å²) in [6.07, 6.45) is 1.63. The molecule has 0 heterocycles. The zero-order valence-corrected chi connectivity index (χ0v) is 10.8. The smallest absolute Gasteiger partial charge is 0.323 e. The second kappa shape index (κ2) is 5.63. The Balaban J connectivity index is 2.33. The monoisotopic (exact) mass is 303 g/mol. The van der Waals surface area contributed by atoms with Crippen LogP contribution in [0.4, 0.5) is 13.2 Å². The lowest BCUT2D eigenvalue weighted by atomic mass is 10.1. The second-order valence-electron chi connectivity index (χ2n) is 4.91. The molecular formula is C13H12F3NO4. The highest BCUT2D eigenvalue weighted by atomic mass is 19.2. The van der Waals surface area contributed by atoms with Gasteiger partial charge in [-0.1, -0.05) is 0 Å². The van der Waals surface area contributed by atoms with E-state index in [9.17, 15) is 22.8 Å². The minimum atomic E-state index is -1.80. The van der Waals surface area contributed by atoms with E-state index in [1.54, 1.807) is 0 Å². The first kappa shape index (κ1) is 15.1. The number of phenolic OH excluding ortho intramolecular Hbond substituents is 1. The Bertz CT molecular complexity index is 602. The summed E-state index contributed by atoms with van der Waals surface area (Å²) < 4.78 is 39.9. The van der Waals surface area contributed by atoms with Gasteiger partial charge in [0.2, 0.25) is 5.82 Å². The first-order chi connectivity index (χ1) is 9.81. The lowest BCUT2D eigenvalue weighted by Gasteiger charge is -2.21. The van der Waals surface area contributed by atoms with Gasteiger partial charge in [0.1, 0.15) is 6.54 Å². The predicted molar refractivity (Wildman–Crippen MR) is 64.2 cm³/mol. The van der Waals surface area contributed by atoms with E-state index in [1.165, 1.54) is 0 Å². The summed E-state index contributed by atoms with van der Waals surface area (Å²) >= 11 is 0. The zero-order chi connectivity index (χ0) is 15.7. The maximum Gasteiger partial charge on any atom is 0.323 e. The number of nitrogens with zero attached hydrogens (tertiary/aromatic N) is 1. The fourth-order valence-corrected chi connectivity index (χ4v) is 1.91. The summed E-state index contributed by atoms with van der Waals surface area (Å²) in [5, 5.41) is 17.9. The van der Waals surface area contributed by atoms with Gasteiger partial charge in [-0.05, 0) is 24.8 Å². The Hall–Kier alpha value is -2.25. The third kappa shape index (κ3) is 3.26. The number of halogens is 3. The fourth-order valence-electron chi connectivity index (χ4n) is 1.91. The van der Waals surface area contributed by atoms with Crippen molar-refractivity contribution in [1.82, 2.24) is 4.90 Å². The van der Waals surface area contributed by atoms with E-state index in [-0.39, 0.29) is 12.5 Å². The highest BCUT2D eigenvalue weighted by Gasteiger charge is 2.31. The number of rotatable bonds is 5. The molecule has 1 saturated carbocycles.